The molecule has 3 unspecified atom stereocenters. The fourth-order valence-electron chi connectivity index (χ4n) is 3.94. The van der Waals surface area contributed by atoms with Gasteiger partial charge in [0.15, 0.2) is 15.8 Å². The Morgan fingerprint density at radius 1 is 1.36 bits per heavy atom. The summed E-state index contributed by atoms with van der Waals surface area (Å²) in [5.74, 6) is 2.25. The van der Waals surface area contributed by atoms with Crippen LogP contribution in [0.15, 0.2) is 29.3 Å². The highest BCUT2D eigenvalue weighted by molar-refractivity contribution is 14.0. The van der Waals surface area contributed by atoms with E-state index in [4.69, 9.17) is 4.99 Å². The van der Waals surface area contributed by atoms with Crippen LogP contribution in [0, 0.1) is 12.8 Å². The summed E-state index contributed by atoms with van der Waals surface area (Å²) in [6.07, 6.45) is 2.91. The van der Waals surface area contributed by atoms with Crippen molar-refractivity contribution in [1.82, 2.24) is 10.2 Å². The molecule has 2 fully saturated rings. The molecule has 3 rings (SSSR count). The largest absolute Gasteiger partial charge is 0.354 e. The second-order valence-corrected chi connectivity index (χ2v) is 10.5. The van der Waals surface area contributed by atoms with Gasteiger partial charge in [0.1, 0.15) is 0 Å². The Bertz CT molecular complexity index is 782. The Balaban J connectivity index is 0.00000280. The van der Waals surface area contributed by atoms with Crippen molar-refractivity contribution >= 4 is 39.8 Å². The Morgan fingerprint density at radius 2 is 2.14 bits per heavy atom. The molecule has 0 bridgehead atoms. The number of guanidine groups is 1. The van der Waals surface area contributed by atoms with Crippen LogP contribution < -0.4 is 5.32 Å². The number of nitrogens with zero attached hydrogens (tertiary/aromatic N) is 2. The summed E-state index contributed by atoms with van der Waals surface area (Å²) < 4.78 is 23.4. The lowest BCUT2D eigenvalue weighted by atomic mass is 9.97. The molecule has 1 aromatic rings. The minimum atomic E-state index is -2.84. The highest BCUT2D eigenvalue weighted by Crippen LogP contribution is 2.28. The Labute approximate surface area is 187 Å². The predicted octanol–water partition coefficient (Wildman–Crippen LogP) is 3.58. The smallest absolute Gasteiger partial charge is 0.194 e. The van der Waals surface area contributed by atoms with Gasteiger partial charge in [-0.25, -0.2) is 8.42 Å². The number of hydrogen-bond donors (Lipinski definition) is 1. The molecule has 2 aliphatic heterocycles. The van der Waals surface area contributed by atoms with Crippen LogP contribution in [0.2, 0.25) is 0 Å². The van der Waals surface area contributed by atoms with Gasteiger partial charge in [0.2, 0.25) is 0 Å². The zero-order valence-corrected chi connectivity index (χ0v) is 20.4. The van der Waals surface area contributed by atoms with Crippen LogP contribution in [-0.2, 0) is 9.84 Å². The van der Waals surface area contributed by atoms with Crippen LogP contribution in [0.1, 0.15) is 50.2 Å². The first-order valence-electron chi connectivity index (χ1n) is 10.2. The lowest BCUT2D eigenvalue weighted by molar-refractivity contribution is 0.463. The SMILES string of the molecule is CCC(C)NC(=NCC1CCS(=O)(=O)C1)N1CCC(c2cccc(C)c2)C1.I. The lowest BCUT2D eigenvalue weighted by Gasteiger charge is -2.25. The van der Waals surface area contributed by atoms with Gasteiger partial charge in [0.25, 0.3) is 0 Å². The van der Waals surface area contributed by atoms with Gasteiger partial charge in [0.05, 0.1) is 11.5 Å². The van der Waals surface area contributed by atoms with E-state index in [9.17, 15) is 8.42 Å². The standard InChI is InChI=1S/C21H33N3O2S.HI/c1-4-17(3)23-21(22-13-18-9-11-27(25,26)15-18)24-10-8-20(14-24)19-7-5-6-16(2)12-19;/h5-7,12,17-18,20H,4,8-11,13-15H2,1-3H3,(H,22,23);1H. The quantitative estimate of drug-likeness (QED) is 0.367. The number of likely N-dealkylation sites (tertiary alicyclic amines) is 1. The number of nitrogens with one attached hydrogen (secondary N) is 1. The summed E-state index contributed by atoms with van der Waals surface area (Å²) >= 11 is 0. The van der Waals surface area contributed by atoms with E-state index in [0.717, 1.165) is 38.3 Å². The summed E-state index contributed by atoms with van der Waals surface area (Å²) in [6.45, 7) is 9.04. The molecule has 2 saturated heterocycles. The molecule has 28 heavy (non-hydrogen) atoms. The molecule has 2 aliphatic rings. The summed E-state index contributed by atoms with van der Waals surface area (Å²) in [5.41, 5.74) is 2.71. The van der Waals surface area contributed by atoms with Gasteiger partial charge in [0, 0.05) is 31.6 Å². The van der Waals surface area contributed by atoms with Crippen molar-refractivity contribution in [2.24, 2.45) is 10.9 Å². The number of aliphatic imine (C=N–C) groups is 1. The van der Waals surface area contributed by atoms with E-state index < -0.39 is 9.84 Å². The third-order valence-corrected chi connectivity index (χ3v) is 7.65. The first-order valence-corrected chi connectivity index (χ1v) is 12.0. The van der Waals surface area contributed by atoms with E-state index in [1.807, 2.05) is 0 Å². The molecule has 0 aromatic heterocycles. The highest BCUT2D eigenvalue weighted by Gasteiger charge is 2.29. The van der Waals surface area contributed by atoms with E-state index in [0.29, 0.717) is 30.0 Å². The third-order valence-electron chi connectivity index (χ3n) is 5.82. The molecular formula is C21H34IN3O2S. The molecule has 7 heteroatoms. The summed E-state index contributed by atoms with van der Waals surface area (Å²) in [7, 11) is -2.84. The van der Waals surface area contributed by atoms with E-state index in [1.54, 1.807) is 0 Å². The van der Waals surface area contributed by atoms with E-state index in [2.05, 4.69) is 55.3 Å². The highest BCUT2D eigenvalue weighted by atomic mass is 127. The van der Waals surface area contributed by atoms with Gasteiger partial charge in [-0.1, -0.05) is 36.8 Å². The third kappa shape index (κ3) is 6.34. The van der Waals surface area contributed by atoms with Crippen molar-refractivity contribution in [3.63, 3.8) is 0 Å². The van der Waals surface area contributed by atoms with Crippen molar-refractivity contribution in [2.75, 3.05) is 31.1 Å². The van der Waals surface area contributed by atoms with Crippen LogP contribution in [-0.4, -0.2) is 56.5 Å². The number of aryl methyl sites for hydroxylation is 1. The lowest BCUT2D eigenvalue weighted by Crippen LogP contribution is -2.44. The fraction of sp³-hybridized carbons (Fsp3) is 0.667. The van der Waals surface area contributed by atoms with E-state index >= 15 is 0 Å². The molecule has 3 atom stereocenters. The summed E-state index contributed by atoms with van der Waals surface area (Å²) in [4.78, 5) is 7.20. The maximum Gasteiger partial charge on any atom is 0.194 e. The molecule has 0 aliphatic carbocycles. The maximum atomic E-state index is 11.7. The molecular weight excluding hydrogens is 485 g/mol. The predicted molar refractivity (Wildman–Crippen MR) is 127 cm³/mol. The van der Waals surface area contributed by atoms with Gasteiger partial charge < -0.3 is 10.2 Å². The maximum absolute atomic E-state index is 11.7. The van der Waals surface area contributed by atoms with Crippen molar-refractivity contribution in [3.8, 4) is 0 Å². The molecule has 1 N–H and O–H groups in total. The molecule has 0 saturated carbocycles. The molecule has 158 valence electrons. The van der Waals surface area contributed by atoms with Crippen LogP contribution >= 0.6 is 24.0 Å². The van der Waals surface area contributed by atoms with Crippen molar-refractivity contribution < 1.29 is 8.42 Å². The Morgan fingerprint density at radius 3 is 2.79 bits per heavy atom. The average molecular weight is 519 g/mol. The van der Waals surface area contributed by atoms with Gasteiger partial charge in [-0.2, -0.15) is 0 Å². The first kappa shape index (κ1) is 23.4. The Kier molecular flexibility index (Phi) is 8.60. The van der Waals surface area contributed by atoms with E-state index in [1.165, 1.54) is 11.1 Å². The van der Waals surface area contributed by atoms with Crippen LogP contribution in [0.3, 0.4) is 0 Å². The topological polar surface area (TPSA) is 61.8 Å². The number of halogens is 1. The monoisotopic (exact) mass is 519 g/mol. The minimum Gasteiger partial charge on any atom is -0.354 e. The van der Waals surface area contributed by atoms with E-state index in [-0.39, 0.29) is 29.9 Å². The Hall–Kier alpha value is -0.830. The zero-order chi connectivity index (χ0) is 19.4. The van der Waals surface area contributed by atoms with Crippen molar-refractivity contribution in [3.05, 3.63) is 35.4 Å². The molecule has 0 radical (unpaired) electrons. The van der Waals surface area contributed by atoms with Crippen LogP contribution in [0.4, 0.5) is 0 Å². The van der Waals surface area contributed by atoms with Gasteiger partial charge in [-0.05, 0) is 44.6 Å². The molecule has 0 amide bonds. The zero-order valence-electron chi connectivity index (χ0n) is 17.2. The van der Waals surface area contributed by atoms with Gasteiger partial charge >= 0.3 is 0 Å². The molecule has 1 aromatic carbocycles. The fourth-order valence-corrected chi connectivity index (χ4v) is 5.79. The molecule has 2 heterocycles. The number of benzene rings is 1. The number of sulfone groups is 1. The van der Waals surface area contributed by atoms with Crippen LogP contribution in [0.25, 0.3) is 0 Å². The minimum absolute atomic E-state index is 0. The van der Waals surface area contributed by atoms with Gasteiger partial charge in [-0.3, -0.25) is 4.99 Å². The van der Waals surface area contributed by atoms with Crippen LogP contribution in [0.5, 0.6) is 0 Å². The first-order chi connectivity index (χ1) is 12.9. The average Bonchev–Trinajstić information content (AvgIpc) is 3.25. The molecule has 5 nitrogen and oxygen atoms in total. The summed E-state index contributed by atoms with van der Waals surface area (Å²) in [5, 5.41) is 3.56. The van der Waals surface area contributed by atoms with Crippen molar-refractivity contribution in [2.45, 2.75) is 52.0 Å². The number of hydrogen-bond acceptors (Lipinski definition) is 3. The summed E-state index contributed by atoms with van der Waals surface area (Å²) in [6, 6.07) is 9.15. The normalized spacial score (nSPS) is 25.4. The van der Waals surface area contributed by atoms with Gasteiger partial charge in [-0.15, -0.1) is 24.0 Å². The van der Waals surface area contributed by atoms with Crippen molar-refractivity contribution in [1.29, 1.82) is 0 Å². The molecule has 0 spiro atoms. The second-order valence-electron chi connectivity index (χ2n) is 8.23. The second kappa shape index (κ2) is 10.3. The number of rotatable bonds is 5.